The third kappa shape index (κ3) is 1.85. The first-order valence-electron chi connectivity index (χ1n) is 4.30. The lowest BCUT2D eigenvalue weighted by Gasteiger charge is -2.26. The summed E-state index contributed by atoms with van der Waals surface area (Å²) in [5.41, 5.74) is 8.23. The van der Waals surface area contributed by atoms with Crippen LogP contribution in [0.15, 0.2) is 24.3 Å². The summed E-state index contributed by atoms with van der Waals surface area (Å²) in [7, 11) is 0. The van der Waals surface area contributed by atoms with Crippen molar-refractivity contribution in [2.75, 3.05) is 0 Å². The van der Waals surface area contributed by atoms with Gasteiger partial charge in [0.15, 0.2) is 0 Å². The number of hydrogen-bond acceptors (Lipinski definition) is 2. The lowest BCUT2D eigenvalue weighted by atomic mass is 9.86. The highest BCUT2D eigenvalue weighted by atomic mass is 35.5. The van der Waals surface area contributed by atoms with Gasteiger partial charge in [-0.2, -0.15) is 0 Å². The number of halogens is 1. The van der Waals surface area contributed by atoms with Crippen molar-refractivity contribution < 1.29 is 5.11 Å². The van der Waals surface area contributed by atoms with E-state index in [0.29, 0.717) is 0 Å². The zero-order valence-electron chi connectivity index (χ0n) is 7.31. The molecule has 0 fully saturated rings. The average molecular weight is 200 g/mol. The summed E-state index contributed by atoms with van der Waals surface area (Å²) in [4.78, 5) is 0. The second-order valence-corrected chi connectivity index (χ2v) is 3.33. The van der Waals surface area contributed by atoms with Crippen molar-refractivity contribution in [2.24, 2.45) is 5.73 Å². The van der Waals surface area contributed by atoms with Gasteiger partial charge in [0.2, 0.25) is 0 Å². The molecule has 2 rings (SSSR count). The van der Waals surface area contributed by atoms with Crippen LogP contribution in [0, 0.1) is 0 Å². The molecule has 3 N–H and O–H groups in total. The largest absolute Gasteiger partial charge is 0.391 e. The number of fused-ring (bicyclic) bond motifs is 1. The standard InChI is InChI=1S/C10H13NO.ClH/c11-10-8-4-2-1-3-7(8)5-6-9(10)12;/h1-4,9-10,12H,5-6,11H2;1H. The van der Waals surface area contributed by atoms with E-state index < -0.39 is 0 Å². The molecule has 1 aromatic rings. The number of aliphatic hydroxyl groups is 1. The van der Waals surface area contributed by atoms with Gasteiger partial charge in [0.25, 0.3) is 0 Å². The maximum atomic E-state index is 9.50. The minimum Gasteiger partial charge on any atom is -0.391 e. The normalized spacial score (nSPS) is 26.0. The zero-order chi connectivity index (χ0) is 8.55. The quantitative estimate of drug-likeness (QED) is 0.664. The first kappa shape index (κ1) is 10.5. The van der Waals surface area contributed by atoms with E-state index in [1.807, 2.05) is 18.2 Å². The molecule has 0 aromatic heterocycles. The molecular formula is C10H14ClNO. The molecule has 0 amide bonds. The maximum Gasteiger partial charge on any atom is 0.0736 e. The van der Waals surface area contributed by atoms with E-state index in [9.17, 15) is 5.11 Å². The van der Waals surface area contributed by atoms with E-state index in [0.717, 1.165) is 18.4 Å². The Balaban J connectivity index is 0.000000845. The smallest absolute Gasteiger partial charge is 0.0736 e. The van der Waals surface area contributed by atoms with Gasteiger partial charge in [-0.05, 0) is 24.0 Å². The molecule has 0 bridgehead atoms. The minimum atomic E-state index is -0.361. The maximum absolute atomic E-state index is 9.50. The van der Waals surface area contributed by atoms with Crippen molar-refractivity contribution in [3.63, 3.8) is 0 Å². The lowest BCUT2D eigenvalue weighted by molar-refractivity contribution is 0.128. The molecule has 1 aliphatic carbocycles. The summed E-state index contributed by atoms with van der Waals surface area (Å²) < 4.78 is 0. The number of aliphatic hydroxyl groups excluding tert-OH is 1. The topological polar surface area (TPSA) is 46.2 Å². The van der Waals surface area contributed by atoms with Crippen LogP contribution in [0.25, 0.3) is 0 Å². The van der Waals surface area contributed by atoms with Crippen LogP contribution in [-0.4, -0.2) is 11.2 Å². The van der Waals surface area contributed by atoms with E-state index in [4.69, 9.17) is 5.73 Å². The fraction of sp³-hybridized carbons (Fsp3) is 0.400. The van der Waals surface area contributed by atoms with Gasteiger partial charge in [0.1, 0.15) is 0 Å². The second kappa shape index (κ2) is 4.09. The molecule has 0 saturated carbocycles. The van der Waals surface area contributed by atoms with E-state index in [1.54, 1.807) is 0 Å². The Labute approximate surface area is 84.2 Å². The second-order valence-electron chi connectivity index (χ2n) is 3.33. The minimum absolute atomic E-state index is 0. The van der Waals surface area contributed by atoms with E-state index in [-0.39, 0.29) is 24.6 Å². The predicted molar refractivity (Wildman–Crippen MR) is 54.9 cm³/mol. The van der Waals surface area contributed by atoms with Crippen LogP contribution >= 0.6 is 12.4 Å². The van der Waals surface area contributed by atoms with Crippen molar-refractivity contribution in [2.45, 2.75) is 25.0 Å². The van der Waals surface area contributed by atoms with Crippen molar-refractivity contribution in [1.29, 1.82) is 0 Å². The van der Waals surface area contributed by atoms with Gasteiger partial charge < -0.3 is 10.8 Å². The number of aryl methyl sites for hydroxylation is 1. The van der Waals surface area contributed by atoms with Crippen LogP contribution in [0.4, 0.5) is 0 Å². The van der Waals surface area contributed by atoms with Gasteiger partial charge >= 0.3 is 0 Å². The monoisotopic (exact) mass is 199 g/mol. The number of hydrogen-bond donors (Lipinski definition) is 2. The highest BCUT2D eigenvalue weighted by Crippen LogP contribution is 2.27. The fourth-order valence-corrected chi connectivity index (χ4v) is 1.78. The van der Waals surface area contributed by atoms with Crippen LogP contribution in [0.3, 0.4) is 0 Å². The van der Waals surface area contributed by atoms with Crippen molar-refractivity contribution in [3.05, 3.63) is 35.4 Å². The molecule has 3 heteroatoms. The Bertz CT molecular complexity index is 290. The third-order valence-electron chi connectivity index (χ3n) is 2.54. The van der Waals surface area contributed by atoms with Gasteiger partial charge in [-0.15, -0.1) is 12.4 Å². The zero-order valence-corrected chi connectivity index (χ0v) is 8.13. The van der Waals surface area contributed by atoms with E-state index >= 15 is 0 Å². The highest BCUT2D eigenvalue weighted by Gasteiger charge is 2.23. The van der Waals surface area contributed by atoms with Crippen molar-refractivity contribution in [1.82, 2.24) is 0 Å². The first-order valence-corrected chi connectivity index (χ1v) is 4.30. The van der Waals surface area contributed by atoms with Crippen LogP contribution in [-0.2, 0) is 6.42 Å². The Morgan fingerprint density at radius 2 is 2.00 bits per heavy atom. The third-order valence-corrected chi connectivity index (χ3v) is 2.54. The SMILES string of the molecule is Cl.NC1c2ccccc2CCC1O. The molecule has 1 aromatic carbocycles. The molecule has 0 spiro atoms. The van der Waals surface area contributed by atoms with E-state index in [1.165, 1.54) is 5.56 Å². The molecule has 0 aliphatic heterocycles. The molecule has 1 aliphatic rings. The molecule has 2 unspecified atom stereocenters. The fourth-order valence-electron chi connectivity index (χ4n) is 1.78. The molecule has 2 atom stereocenters. The molecule has 0 saturated heterocycles. The van der Waals surface area contributed by atoms with Crippen LogP contribution < -0.4 is 5.73 Å². The average Bonchev–Trinajstić information content (AvgIpc) is 2.12. The van der Waals surface area contributed by atoms with Gasteiger partial charge in [-0.25, -0.2) is 0 Å². The Hall–Kier alpha value is -0.570. The summed E-state index contributed by atoms with van der Waals surface area (Å²) in [6.45, 7) is 0. The van der Waals surface area contributed by atoms with Gasteiger partial charge in [-0.3, -0.25) is 0 Å². The lowest BCUT2D eigenvalue weighted by Crippen LogP contribution is -2.31. The molecule has 72 valence electrons. The Morgan fingerprint density at radius 1 is 1.31 bits per heavy atom. The van der Waals surface area contributed by atoms with Gasteiger partial charge in [0.05, 0.1) is 12.1 Å². The Morgan fingerprint density at radius 3 is 2.77 bits per heavy atom. The molecular weight excluding hydrogens is 186 g/mol. The summed E-state index contributed by atoms with van der Waals surface area (Å²) in [6.07, 6.45) is 1.38. The van der Waals surface area contributed by atoms with Crippen LogP contribution in [0.1, 0.15) is 23.6 Å². The van der Waals surface area contributed by atoms with Crippen molar-refractivity contribution >= 4 is 12.4 Å². The summed E-state index contributed by atoms with van der Waals surface area (Å²) in [5, 5.41) is 9.50. The van der Waals surface area contributed by atoms with Crippen LogP contribution in [0.5, 0.6) is 0 Å². The predicted octanol–water partition coefficient (Wildman–Crippen LogP) is 1.42. The Kier molecular flexibility index (Phi) is 3.31. The first-order chi connectivity index (χ1) is 5.79. The van der Waals surface area contributed by atoms with E-state index in [2.05, 4.69) is 6.07 Å². The molecule has 0 heterocycles. The summed E-state index contributed by atoms with van der Waals surface area (Å²) in [6, 6.07) is 7.89. The van der Waals surface area contributed by atoms with Crippen LogP contribution in [0.2, 0.25) is 0 Å². The van der Waals surface area contributed by atoms with Gasteiger partial charge in [0, 0.05) is 0 Å². The number of rotatable bonds is 0. The van der Waals surface area contributed by atoms with Crippen molar-refractivity contribution in [3.8, 4) is 0 Å². The molecule has 13 heavy (non-hydrogen) atoms. The number of nitrogens with two attached hydrogens (primary N) is 1. The van der Waals surface area contributed by atoms with Gasteiger partial charge in [-0.1, -0.05) is 24.3 Å². The summed E-state index contributed by atoms with van der Waals surface area (Å²) >= 11 is 0. The highest BCUT2D eigenvalue weighted by molar-refractivity contribution is 5.85. The summed E-state index contributed by atoms with van der Waals surface area (Å²) in [5.74, 6) is 0. The molecule has 0 radical (unpaired) electrons. The molecule has 2 nitrogen and oxygen atoms in total. The number of benzene rings is 1.